The van der Waals surface area contributed by atoms with Crippen molar-refractivity contribution in [1.29, 1.82) is 0 Å². The average Bonchev–Trinajstić information content (AvgIpc) is 3.17. The van der Waals surface area contributed by atoms with Gasteiger partial charge in [0.05, 0.1) is 5.39 Å². The van der Waals surface area contributed by atoms with Crippen LogP contribution in [-0.4, -0.2) is 15.9 Å². The van der Waals surface area contributed by atoms with Crippen LogP contribution in [0.25, 0.3) is 21.3 Å². The summed E-state index contributed by atoms with van der Waals surface area (Å²) in [6, 6.07) is 15.2. The van der Waals surface area contributed by atoms with Gasteiger partial charge in [-0.1, -0.05) is 56.6 Å². The Bertz CT molecular complexity index is 1190. The molecule has 4 rings (SSSR count). The summed E-state index contributed by atoms with van der Waals surface area (Å²) in [5.74, 6) is 0.316. The zero-order valence-corrected chi connectivity index (χ0v) is 18.4. The summed E-state index contributed by atoms with van der Waals surface area (Å²) in [7, 11) is 0. The number of anilines is 1. The Balaban J connectivity index is 1.58. The van der Waals surface area contributed by atoms with Gasteiger partial charge in [0.15, 0.2) is 5.82 Å². The van der Waals surface area contributed by atoms with Crippen molar-refractivity contribution in [2.75, 3.05) is 5.43 Å². The maximum Gasteiger partial charge on any atom is 0.269 e. The Morgan fingerprint density at radius 3 is 2.37 bits per heavy atom. The molecule has 0 unspecified atom stereocenters. The summed E-state index contributed by atoms with van der Waals surface area (Å²) in [4.78, 5) is 22.1. The largest absolute Gasteiger partial charge is 0.281 e. The molecule has 5 nitrogen and oxygen atoms in total. The van der Waals surface area contributed by atoms with E-state index in [9.17, 15) is 4.79 Å². The van der Waals surface area contributed by atoms with Gasteiger partial charge in [0, 0.05) is 21.5 Å². The van der Waals surface area contributed by atoms with Crippen LogP contribution in [0.1, 0.15) is 36.7 Å². The lowest BCUT2D eigenvalue weighted by Gasteiger charge is -2.19. The SMILES string of the molecule is CC(C)(C)c1ccc(C(=O)NNc2ncnc3scc(-c4ccc(Cl)cc4)c23)cc1. The Hall–Kier alpha value is -2.96. The van der Waals surface area contributed by atoms with Crippen LogP contribution in [0.3, 0.4) is 0 Å². The summed E-state index contributed by atoms with van der Waals surface area (Å²) in [6.45, 7) is 6.43. The molecule has 0 fully saturated rings. The van der Waals surface area contributed by atoms with Gasteiger partial charge in [-0.3, -0.25) is 15.6 Å². The molecule has 0 aliphatic heterocycles. The molecule has 2 aromatic carbocycles. The molecule has 0 bridgehead atoms. The van der Waals surface area contributed by atoms with Crippen LogP contribution in [0.15, 0.2) is 60.2 Å². The number of hydrogen-bond donors (Lipinski definition) is 2. The van der Waals surface area contributed by atoms with E-state index in [4.69, 9.17) is 11.6 Å². The van der Waals surface area contributed by atoms with Crippen molar-refractivity contribution in [3.8, 4) is 11.1 Å². The number of benzene rings is 2. The number of halogens is 1. The Morgan fingerprint density at radius 1 is 1.00 bits per heavy atom. The molecule has 0 spiro atoms. The first kappa shape index (κ1) is 20.3. The van der Waals surface area contributed by atoms with E-state index in [1.54, 1.807) is 0 Å². The summed E-state index contributed by atoms with van der Waals surface area (Å²) >= 11 is 7.54. The van der Waals surface area contributed by atoms with Crippen molar-refractivity contribution in [3.05, 3.63) is 76.4 Å². The van der Waals surface area contributed by atoms with Crippen molar-refractivity contribution < 1.29 is 4.79 Å². The van der Waals surface area contributed by atoms with Gasteiger partial charge in [0.25, 0.3) is 5.91 Å². The van der Waals surface area contributed by atoms with Gasteiger partial charge in [-0.2, -0.15) is 0 Å². The van der Waals surface area contributed by atoms with Crippen LogP contribution in [-0.2, 0) is 5.41 Å². The van der Waals surface area contributed by atoms with E-state index in [1.807, 2.05) is 53.9 Å². The monoisotopic (exact) mass is 436 g/mol. The van der Waals surface area contributed by atoms with Gasteiger partial charge in [-0.25, -0.2) is 9.97 Å². The number of thiophene rings is 1. The quantitative estimate of drug-likeness (QED) is 0.381. The van der Waals surface area contributed by atoms with Crippen LogP contribution in [0, 0.1) is 0 Å². The standard InChI is InChI=1S/C23H21ClN4OS/c1-23(2,3)16-8-4-15(5-9-16)21(29)28-27-20-19-18(12-30-22(19)26-13-25-20)14-6-10-17(24)11-7-14/h4-13H,1-3H3,(H,28,29)(H,25,26,27). The number of nitrogens with zero attached hydrogens (tertiary/aromatic N) is 2. The van der Waals surface area contributed by atoms with Crippen LogP contribution in [0.2, 0.25) is 5.02 Å². The van der Waals surface area contributed by atoms with E-state index in [-0.39, 0.29) is 11.3 Å². The fourth-order valence-electron chi connectivity index (χ4n) is 3.12. The molecule has 2 N–H and O–H groups in total. The molecule has 4 aromatic rings. The number of hydrogen-bond acceptors (Lipinski definition) is 5. The van der Waals surface area contributed by atoms with Crippen molar-refractivity contribution in [1.82, 2.24) is 15.4 Å². The molecule has 7 heteroatoms. The van der Waals surface area contributed by atoms with Gasteiger partial charge >= 0.3 is 0 Å². The van der Waals surface area contributed by atoms with Gasteiger partial charge in [0.2, 0.25) is 0 Å². The number of carbonyl (C=O) groups excluding carboxylic acids is 1. The highest BCUT2D eigenvalue weighted by atomic mass is 35.5. The first-order chi connectivity index (χ1) is 14.3. The highest BCUT2D eigenvalue weighted by Crippen LogP contribution is 2.36. The van der Waals surface area contributed by atoms with Gasteiger partial charge in [0.1, 0.15) is 11.2 Å². The number of amides is 1. The normalized spacial score (nSPS) is 11.5. The van der Waals surface area contributed by atoms with Crippen LogP contribution in [0.5, 0.6) is 0 Å². The minimum atomic E-state index is -0.231. The number of carbonyl (C=O) groups is 1. The number of aromatic nitrogens is 2. The molecular formula is C23H21ClN4OS. The third-order valence-corrected chi connectivity index (χ3v) is 5.97. The molecule has 0 aliphatic rings. The average molecular weight is 437 g/mol. The van der Waals surface area contributed by atoms with Crippen LogP contribution < -0.4 is 10.9 Å². The topological polar surface area (TPSA) is 66.9 Å². The molecule has 0 atom stereocenters. The predicted molar refractivity (Wildman–Crippen MR) is 124 cm³/mol. The number of rotatable bonds is 4. The Kier molecular flexibility index (Phi) is 5.45. The molecule has 1 amide bonds. The molecule has 0 saturated heterocycles. The van der Waals surface area contributed by atoms with E-state index < -0.39 is 0 Å². The van der Waals surface area contributed by atoms with E-state index in [2.05, 4.69) is 41.6 Å². The molecule has 2 heterocycles. The van der Waals surface area contributed by atoms with E-state index in [1.165, 1.54) is 23.2 Å². The molecule has 2 aromatic heterocycles. The molecule has 0 radical (unpaired) electrons. The lowest BCUT2D eigenvalue weighted by Crippen LogP contribution is -2.30. The second-order valence-electron chi connectivity index (χ2n) is 7.97. The van der Waals surface area contributed by atoms with Gasteiger partial charge in [-0.05, 0) is 40.8 Å². The maximum absolute atomic E-state index is 12.6. The predicted octanol–water partition coefficient (Wildman–Crippen LogP) is 6.07. The lowest BCUT2D eigenvalue weighted by atomic mass is 9.87. The van der Waals surface area contributed by atoms with E-state index in [0.717, 1.165) is 21.3 Å². The lowest BCUT2D eigenvalue weighted by molar-refractivity contribution is 0.0962. The molecule has 0 saturated carbocycles. The summed E-state index contributed by atoms with van der Waals surface area (Å²) in [6.07, 6.45) is 1.48. The van der Waals surface area contributed by atoms with Gasteiger partial charge in [-0.15, -0.1) is 11.3 Å². The highest BCUT2D eigenvalue weighted by molar-refractivity contribution is 7.17. The third-order valence-electron chi connectivity index (χ3n) is 4.83. The highest BCUT2D eigenvalue weighted by Gasteiger charge is 2.16. The van der Waals surface area contributed by atoms with Crippen molar-refractivity contribution >= 4 is 44.9 Å². The fraction of sp³-hybridized carbons (Fsp3) is 0.174. The second-order valence-corrected chi connectivity index (χ2v) is 9.26. The number of hydrazine groups is 1. The Labute approximate surface area is 184 Å². The first-order valence-corrected chi connectivity index (χ1v) is 10.7. The summed E-state index contributed by atoms with van der Waals surface area (Å²) < 4.78 is 0. The molecule has 30 heavy (non-hydrogen) atoms. The van der Waals surface area contributed by atoms with Crippen LogP contribution >= 0.6 is 22.9 Å². The summed E-state index contributed by atoms with van der Waals surface area (Å²) in [5, 5.41) is 3.56. The van der Waals surface area contributed by atoms with Crippen molar-refractivity contribution in [2.24, 2.45) is 0 Å². The maximum atomic E-state index is 12.6. The molecular weight excluding hydrogens is 416 g/mol. The minimum Gasteiger partial charge on any atom is -0.281 e. The smallest absolute Gasteiger partial charge is 0.269 e. The first-order valence-electron chi connectivity index (χ1n) is 9.48. The Morgan fingerprint density at radius 2 is 1.70 bits per heavy atom. The number of nitrogens with one attached hydrogen (secondary N) is 2. The molecule has 0 aliphatic carbocycles. The van der Waals surface area contributed by atoms with E-state index in [0.29, 0.717) is 16.4 Å². The second kappa shape index (κ2) is 8.05. The van der Waals surface area contributed by atoms with Crippen molar-refractivity contribution in [2.45, 2.75) is 26.2 Å². The minimum absolute atomic E-state index is 0.0385. The van der Waals surface area contributed by atoms with Crippen LogP contribution in [0.4, 0.5) is 5.82 Å². The third kappa shape index (κ3) is 4.15. The zero-order valence-electron chi connectivity index (χ0n) is 16.9. The number of fused-ring (bicyclic) bond motifs is 1. The zero-order chi connectivity index (χ0) is 21.3. The van der Waals surface area contributed by atoms with Crippen molar-refractivity contribution in [3.63, 3.8) is 0 Å². The summed E-state index contributed by atoms with van der Waals surface area (Å²) in [5.41, 5.74) is 9.50. The van der Waals surface area contributed by atoms with E-state index >= 15 is 0 Å². The fourth-order valence-corrected chi connectivity index (χ4v) is 4.16. The molecule has 152 valence electrons. The van der Waals surface area contributed by atoms with Gasteiger partial charge < -0.3 is 0 Å².